The van der Waals surface area contributed by atoms with Crippen molar-refractivity contribution in [3.05, 3.63) is 29.8 Å². The van der Waals surface area contributed by atoms with Crippen LogP contribution >= 0.6 is 0 Å². The normalized spacial score (nSPS) is 13.4. The topological polar surface area (TPSA) is 66.4 Å². The summed E-state index contributed by atoms with van der Waals surface area (Å²) in [5.74, 6) is 0. The summed E-state index contributed by atoms with van der Waals surface area (Å²) in [4.78, 5) is 0.277. The summed E-state index contributed by atoms with van der Waals surface area (Å²) in [7, 11) is -3.17. The molecule has 4 nitrogen and oxygen atoms in total. The van der Waals surface area contributed by atoms with Gasteiger partial charge in [0.25, 0.3) is 0 Å². The van der Waals surface area contributed by atoms with Gasteiger partial charge < -0.3 is 10.4 Å². The van der Waals surface area contributed by atoms with Gasteiger partial charge in [0.1, 0.15) is 0 Å². The highest BCUT2D eigenvalue weighted by Gasteiger charge is 2.10. The number of sulfone groups is 1. The van der Waals surface area contributed by atoms with Gasteiger partial charge in [-0.15, -0.1) is 0 Å². The summed E-state index contributed by atoms with van der Waals surface area (Å²) in [6, 6.07) is 6.39. The largest absolute Gasteiger partial charge is 0.387 e. The second kappa shape index (κ2) is 7.62. The fraction of sp³-hybridized carbons (Fsp3) is 0.571. The molecule has 0 saturated carbocycles. The highest BCUT2D eigenvalue weighted by atomic mass is 32.2. The molecule has 2 N–H and O–H groups in total. The maximum atomic E-state index is 11.3. The highest BCUT2D eigenvalue weighted by molar-refractivity contribution is 7.90. The zero-order chi connectivity index (χ0) is 14.3. The van der Waals surface area contributed by atoms with Gasteiger partial charge in [-0.05, 0) is 30.7 Å². The number of aliphatic hydroxyl groups is 1. The van der Waals surface area contributed by atoms with Crippen molar-refractivity contribution in [1.82, 2.24) is 5.32 Å². The van der Waals surface area contributed by atoms with E-state index >= 15 is 0 Å². The smallest absolute Gasteiger partial charge is 0.175 e. The maximum Gasteiger partial charge on any atom is 0.175 e. The molecule has 0 spiro atoms. The number of nitrogens with one attached hydrogen (secondary N) is 1. The summed E-state index contributed by atoms with van der Waals surface area (Å²) in [6.45, 7) is 3.53. The molecule has 0 radical (unpaired) electrons. The second-order valence-electron chi connectivity index (χ2n) is 4.77. The third kappa shape index (κ3) is 5.72. The first-order valence-corrected chi connectivity index (χ1v) is 8.53. The van der Waals surface area contributed by atoms with E-state index in [1.807, 2.05) is 0 Å². The lowest BCUT2D eigenvalue weighted by Crippen LogP contribution is -2.22. The Morgan fingerprint density at radius 1 is 1.21 bits per heavy atom. The number of rotatable bonds is 8. The van der Waals surface area contributed by atoms with Crippen molar-refractivity contribution >= 4 is 9.84 Å². The molecule has 0 amide bonds. The molecular formula is C14H23NO3S. The lowest BCUT2D eigenvalue weighted by Gasteiger charge is -2.12. The lowest BCUT2D eigenvalue weighted by atomic mass is 10.1. The molecule has 0 aromatic heterocycles. The van der Waals surface area contributed by atoms with Crippen LogP contribution in [0.3, 0.4) is 0 Å². The van der Waals surface area contributed by atoms with Crippen molar-refractivity contribution < 1.29 is 13.5 Å². The predicted octanol–water partition coefficient (Wildman–Crippen LogP) is 1.90. The molecule has 108 valence electrons. The number of aliphatic hydroxyl groups excluding tert-OH is 1. The summed E-state index contributed by atoms with van der Waals surface area (Å²) in [6.07, 6.45) is 4.04. The molecule has 1 atom stereocenters. The van der Waals surface area contributed by atoms with Gasteiger partial charge in [0.05, 0.1) is 11.0 Å². The van der Waals surface area contributed by atoms with Crippen LogP contribution < -0.4 is 5.32 Å². The van der Waals surface area contributed by atoms with E-state index in [1.165, 1.54) is 31.2 Å². The minimum absolute atomic E-state index is 0.277. The van der Waals surface area contributed by atoms with Gasteiger partial charge in [0.15, 0.2) is 9.84 Å². The fourth-order valence-electron chi connectivity index (χ4n) is 1.79. The van der Waals surface area contributed by atoms with Crippen molar-refractivity contribution in [3.8, 4) is 0 Å². The van der Waals surface area contributed by atoms with E-state index in [0.29, 0.717) is 6.54 Å². The molecule has 1 rings (SSSR count). The SMILES string of the molecule is CCCCCNCC(O)c1ccc(S(C)(=O)=O)cc1. The summed E-state index contributed by atoms with van der Waals surface area (Å²) in [5.41, 5.74) is 0.732. The number of benzene rings is 1. The standard InChI is InChI=1S/C14H23NO3S/c1-3-4-5-10-15-11-14(16)12-6-8-13(9-7-12)19(2,17)18/h6-9,14-16H,3-5,10-11H2,1-2H3. The van der Waals surface area contributed by atoms with Gasteiger partial charge in [0.2, 0.25) is 0 Å². The van der Waals surface area contributed by atoms with Gasteiger partial charge in [-0.2, -0.15) is 0 Å². The van der Waals surface area contributed by atoms with Crippen LogP contribution in [-0.4, -0.2) is 32.9 Å². The third-order valence-corrected chi connectivity index (χ3v) is 4.12. The molecule has 0 bridgehead atoms. The molecule has 0 saturated heterocycles. The Labute approximate surface area is 115 Å². The van der Waals surface area contributed by atoms with Crippen LogP contribution in [0.5, 0.6) is 0 Å². The maximum absolute atomic E-state index is 11.3. The molecule has 5 heteroatoms. The van der Waals surface area contributed by atoms with Crippen LogP contribution in [0.4, 0.5) is 0 Å². The minimum atomic E-state index is -3.17. The molecule has 1 aromatic carbocycles. The molecule has 1 unspecified atom stereocenters. The Hall–Kier alpha value is -0.910. The monoisotopic (exact) mass is 285 g/mol. The predicted molar refractivity (Wildman–Crippen MR) is 76.9 cm³/mol. The average Bonchev–Trinajstić information content (AvgIpc) is 2.37. The summed E-state index contributed by atoms with van der Waals surface area (Å²) in [5, 5.41) is 13.2. The van der Waals surface area contributed by atoms with Gasteiger partial charge >= 0.3 is 0 Å². The Bertz CT molecular complexity index is 468. The Morgan fingerprint density at radius 2 is 1.84 bits per heavy atom. The fourth-order valence-corrected chi connectivity index (χ4v) is 2.42. The quantitative estimate of drug-likeness (QED) is 0.716. The van der Waals surface area contributed by atoms with E-state index in [2.05, 4.69) is 12.2 Å². The van der Waals surface area contributed by atoms with Gasteiger partial charge in [-0.3, -0.25) is 0 Å². The Morgan fingerprint density at radius 3 is 2.37 bits per heavy atom. The second-order valence-corrected chi connectivity index (χ2v) is 6.78. The van der Waals surface area contributed by atoms with Crippen molar-refractivity contribution in [3.63, 3.8) is 0 Å². The molecule has 1 aromatic rings. The molecule has 0 heterocycles. The van der Waals surface area contributed by atoms with E-state index in [9.17, 15) is 13.5 Å². The van der Waals surface area contributed by atoms with Crippen molar-refractivity contribution in [2.75, 3.05) is 19.3 Å². The van der Waals surface area contributed by atoms with Crippen LogP contribution in [0.1, 0.15) is 37.9 Å². The number of unbranched alkanes of at least 4 members (excludes halogenated alkanes) is 2. The van der Waals surface area contributed by atoms with E-state index in [4.69, 9.17) is 0 Å². The highest BCUT2D eigenvalue weighted by Crippen LogP contribution is 2.15. The molecule has 0 aliphatic carbocycles. The molecule has 0 aliphatic rings. The first-order valence-electron chi connectivity index (χ1n) is 6.64. The van der Waals surface area contributed by atoms with Crippen LogP contribution in [0, 0.1) is 0 Å². The minimum Gasteiger partial charge on any atom is -0.387 e. The Kier molecular flexibility index (Phi) is 6.48. The van der Waals surface area contributed by atoms with Crippen LogP contribution in [0.2, 0.25) is 0 Å². The first-order chi connectivity index (χ1) is 8.95. The van der Waals surface area contributed by atoms with Crippen molar-refractivity contribution in [2.45, 2.75) is 37.2 Å². The Balaban J connectivity index is 2.47. The van der Waals surface area contributed by atoms with E-state index in [-0.39, 0.29) is 4.90 Å². The van der Waals surface area contributed by atoms with E-state index in [0.717, 1.165) is 18.5 Å². The van der Waals surface area contributed by atoms with Crippen LogP contribution in [0.15, 0.2) is 29.2 Å². The van der Waals surface area contributed by atoms with Gasteiger partial charge in [-0.25, -0.2) is 8.42 Å². The molecule has 0 fully saturated rings. The van der Waals surface area contributed by atoms with Gasteiger partial charge in [0, 0.05) is 12.8 Å². The summed E-state index contributed by atoms with van der Waals surface area (Å²) < 4.78 is 22.6. The molecular weight excluding hydrogens is 262 g/mol. The average molecular weight is 285 g/mol. The zero-order valence-electron chi connectivity index (χ0n) is 11.6. The van der Waals surface area contributed by atoms with E-state index in [1.54, 1.807) is 12.1 Å². The van der Waals surface area contributed by atoms with Crippen LogP contribution in [-0.2, 0) is 9.84 Å². The molecule has 19 heavy (non-hydrogen) atoms. The first kappa shape index (κ1) is 16.1. The lowest BCUT2D eigenvalue weighted by molar-refractivity contribution is 0.174. The number of hydrogen-bond donors (Lipinski definition) is 2. The zero-order valence-corrected chi connectivity index (χ0v) is 12.4. The van der Waals surface area contributed by atoms with Crippen molar-refractivity contribution in [1.29, 1.82) is 0 Å². The summed E-state index contributed by atoms with van der Waals surface area (Å²) >= 11 is 0. The van der Waals surface area contributed by atoms with Crippen molar-refractivity contribution in [2.24, 2.45) is 0 Å². The van der Waals surface area contributed by atoms with Gasteiger partial charge in [-0.1, -0.05) is 31.9 Å². The number of hydrogen-bond acceptors (Lipinski definition) is 4. The third-order valence-electron chi connectivity index (χ3n) is 2.99. The molecule has 0 aliphatic heterocycles. The van der Waals surface area contributed by atoms with E-state index < -0.39 is 15.9 Å². The van der Waals surface area contributed by atoms with Crippen LogP contribution in [0.25, 0.3) is 0 Å².